The van der Waals surface area contributed by atoms with Gasteiger partial charge in [-0.05, 0) is 87.3 Å². The Kier molecular flexibility index (Phi) is 15.3. The number of aliphatic hydroxyl groups is 1. The fraction of sp³-hybridized carbons (Fsp3) is 0.610. The Morgan fingerprint density at radius 1 is 0.909 bits per heavy atom. The molecule has 1 aromatic rings. The van der Waals surface area contributed by atoms with E-state index in [4.69, 9.17) is 9.47 Å². The Balaban J connectivity index is 1.16. The lowest BCUT2D eigenvalue weighted by atomic mass is 9.91. The molecule has 55 heavy (non-hydrogen) atoms. The normalized spacial score (nSPS) is 26.6. The van der Waals surface area contributed by atoms with Gasteiger partial charge in [0, 0.05) is 63.9 Å². The lowest BCUT2D eigenvalue weighted by Crippen LogP contribution is -2.49. The minimum absolute atomic E-state index is 0.118. The molecule has 4 heterocycles. The Morgan fingerprint density at radius 2 is 1.58 bits per heavy atom. The Labute approximate surface area is 326 Å². The summed E-state index contributed by atoms with van der Waals surface area (Å²) >= 11 is 0. The van der Waals surface area contributed by atoms with Crippen molar-refractivity contribution in [2.45, 2.75) is 102 Å². The number of benzene rings is 1. The van der Waals surface area contributed by atoms with Crippen LogP contribution in [0.15, 0.2) is 59.0 Å². The Morgan fingerprint density at radius 3 is 2.27 bits per heavy atom. The van der Waals surface area contributed by atoms with Crippen molar-refractivity contribution in [3.8, 4) is 0 Å². The van der Waals surface area contributed by atoms with Crippen LogP contribution in [0.25, 0.3) is 6.08 Å². The first kappa shape index (κ1) is 42.3. The van der Waals surface area contributed by atoms with Crippen molar-refractivity contribution < 1.29 is 42.2 Å². The molecule has 4 aliphatic rings. The van der Waals surface area contributed by atoms with E-state index in [1.165, 1.54) is 21.4 Å². The number of hydrogen-bond acceptors (Lipinski definition) is 10. The van der Waals surface area contributed by atoms with Gasteiger partial charge in [-0.2, -0.15) is 4.31 Å². The number of sulfonamides is 1. The summed E-state index contributed by atoms with van der Waals surface area (Å²) in [6.07, 6.45) is 11.8. The van der Waals surface area contributed by atoms with Crippen molar-refractivity contribution in [2.24, 2.45) is 11.8 Å². The van der Waals surface area contributed by atoms with Crippen LogP contribution in [0.4, 0.5) is 4.79 Å². The van der Waals surface area contributed by atoms with Crippen molar-refractivity contribution in [3.05, 3.63) is 59.7 Å². The maximum absolute atomic E-state index is 13.4. The van der Waals surface area contributed by atoms with Gasteiger partial charge in [-0.1, -0.05) is 51.0 Å². The van der Waals surface area contributed by atoms with Gasteiger partial charge in [0.2, 0.25) is 10.0 Å². The number of carbonyl (C=O) groups is 4. The molecule has 302 valence electrons. The van der Waals surface area contributed by atoms with Gasteiger partial charge < -0.3 is 19.5 Å². The van der Waals surface area contributed by atoms with Gasteiger partial charge in [0.15, 0.2) is 0 Å². The highest BCUT2D eigenvalue weighted by molar-refractivity contribution is 7.89. The van der Waals surface area contributed by atoms with Gasteiger partial charge in [-0.15, -0.1) is 0 Å². The molecular formula is C41H58N4O9S. The second-order valence-corrected chi connectivity index (χ2v) is 17.3. The van der Waals surface area contributed by atoms with Crippen LogP contribution in [0.2, 0.25) is 0 Å². The van der Waals surface area contributed by atoms with Gasteiger partial charge in [-0.3, -0.25) is 24.2 Å². The molecule has 13 nitrogen and oxygen atoms in total. The number of cyclic esters (lactones) is 1. The zero-order chi connectivity index (χ0) is 39.5. The molecule has 5 atom stereocenters. The summed E-state index contributed by atoms with van der Waals surface area (Å²) < 4.78 is 40.0. The van der Waals surface area contributed by atoms with Crippen molar-refractivity contribution >= 4 is 40.0 Å². The summed E-state index contributed by atoms with van der Waals surface area (Å²) in [7, 11) is -3.61. The standard InChI is InChI=1S/C41H58N4O9S/c1-30-13-15-34(46)29-39(49)54-40(32(3)27-33-11-10-12-35(28-33)55(51,52)44-20-8-9-21-44)31(2)14-16-36(30)53-41(50)43-25-23-42(24-26-43)19-6-4-5-7-22-45-37(47)17-18-38(45)48/h10-12,14,16-18,27-28,30-31,34,36,40,46H,4-9,13,15,19-26,29H2,1-3H3/b16-14?,32-27+. The second-order valence-electron chi connectivity index (χ2n) is 15.4. The smallest absolute Gasteiger partial charge is 0.410 e. The second kappa shape index (κ2) is 19.8. The van der Waals surface area contributed by atoms with Gasteiger partial charge in [0.25, 0.3) is 11.8 Å². The average molecular weight is 783 g/mol. The fourth-order valence-corrected chi connectivity index (χ4v) is 9.16. The van der Waals surface area contributed by atoms with E-state index in [1.807, 2.05) is 45.1 Å². The van der Waals surface area contributed by atoms with Crippen LogP contribution in [0.1, 0.15) is 84.1 Å². The number of amides is 3. The number of unbranched alkanes of at least 4 members (excludes halogenated alkanes) is 3. The van der Waals surface area contributed by atoms with E-state index in [0.717, 1.165) is 58.2 Å². The first-order valence-electron chi connectivity index (χ1n) is 19.9. The molecule has 0 spiro atoms. The molecule has 0 saturated carbocycles. The van der Waals surface area contributed by atoms with E-state index < -0.39 is 34.3 Å². The Hall–Kier alpha value is -3.85. The van der Waals surface area contributed by atoms with Crippen molar-refractivity contribution in [3.63, 3.8) is 0 Å². The van der Waals surface area contributed by atoms with Crippen LogP contribution in [-0.2, 0) is 33.9 Å². The summed E-state index contributed by atoms with van der Waals surface area (Å²) in [4.78, 5) is 55.4. The number of carbonyl (C=O) groups excluding carboxylic acids is 4. The van der Waals surface area contributed by atoms with Crippen LogP contribution >= 0.6 is 0 Å². The number of ether oxygens (including phenoxy) is 2. The molecule has 5 rings (SSSR count). The van der Waals surface area contributed by atoms with Gasteiger partial charge in [0.05, 0.1) is 17.4 Å². The predicted molar refractivity (Wildman–Crippen MR) is 208 cm³/mol. The zero-order valence-corrected chi connectivity index (χ0v) is 33.3. The highest BCUT2D eigenvalue weighted by Crippen LogP contribution is 2.27. The van der Waals surface area contributed by atoms with E-state index in [-0.39, 0.29) is 41.1 Å². The molecule has 0 bridgehead atoms. The predicted octanol–water partition coefficient (Wildman–Crippen LogP) is 4.77. The first-order valence-corrected chi connectivity index (χ1v) is 21.3. The highest BCUT2D eigenvalue weighted by atomic mass is 32.2. The maximum atomic E-state index is 13.4. The van der Waals surface area contributed by atoms with E-state index >= 15 is 0 Å². The van der Waals surface area contributed by atoms with Gasteiger partial charge >= 0.3 is 12.1 Å². The molecule has 0 aliphatic carbocycles. The minimum Gasteiger partial charge on any atom is -0.457 e. The number of hydrogen-bond donors (Lipinski definition) is 1. The third-order valence-electron chi connectivity index (χ3n) is 11.0. The summed E-state index contributed by atoms with van der Waals surface area (Å²) in [6, 6.07) is 6.77. The molecule has 0 aromatic heterocycles. The minimum atomic E-state index is -3.61. The van der Waals surface area contributed by atoms with Crippen LogP contribution in [-0.4, -0.2) is 127 Å². The Bertz CT molecular complexity index is 1690. The fourth-order valence-electron chi connectivity index (χ4n) is 7.59. The molecule has 3 amide bonds. The molecule has 0 radical (unpaired) electrons. The van der Waals surface area contributed by atoms with E-state index in [9.17, 15) is 32.7 Å². The highest BCUT2D eigenvalue weighted by Gasteiger charge is 2.31. The third kappa shape index (κ3) is 11.8. The van der Waals surface area contributed by atoms with Gasteiger partial charge in [0.1, 0.15) is 12.2 Å². The molecule has 5 unspecified atom stereocenters. The maximum Gasteiger partial charge on any atom is 0.410 e. The summed E-state index contributed by atoms with van der Waals surface area (Å²) in [5.41, 5.74) is 1.37. The molecule has 4 aliphatic heterocycles. The summed E-state index contributed by atoms with van der Waals surface area (Å²) in [5.74, 6) is -1.43. The lowest BCUT2D eigenvalue weighted by Gasteiger charge is -2.35. The van der Waals surface area contributed by atoms with Gasteiger partial charge in [-0.25, -0.2) is 13.2 Å². The number of nitrogens with zero attached hydrogens (tertiary/aromatic N) is 4. The molecule has 1 N–H and O–H groups in total. The van der Waals surface area contributed by atoms with Crippen LogP contribution in [0.5, 0.6) is 0 Å². The van der Waals surface area contributed by atoms with E-state index in [0.29, 0.717) is 56.7 Å². The van der Waals surface area contributed by atoms with Crippen molar-refractivity contribution in [1.82, 2.24) is 19.0 Å². The molecule has 2 saturated heterocycles. The summed E-state index contributed by atoms with van der Waals surface area (Å²) in [6.45, 7) is 10.7. The molecule has 2 fully saturated rings. The molecule has 1 aromatic carbocycles. The third-order valence-corrected chi connectivity index (χ3v) is 12.9. The number of piperazine rings is 1. The lowest BCUT2D eigenvalue weighted by molar-refractivity contribution is -0.151. The zero-order valence-electron chi connectivity index (χ0n) is 32.5. The molecule has 14 heteroatoms. The quantitative estimate of drug-likeness (QED) is 0.136. The summed E-state index contributed by atoms with van der Waals surface area (Å²) in [5, 5.41) is 10.7. The molecular weight excluding hydrogens is 725 g/mol. The number of aliphatic hydroxyl groups excluding tert-OH is 1. The largest absolute Gasteiger partial charge is 0.457 e. The van der Waals surface area contributed by atoms with Crippen LogP contribution < -0.4 is 0 Å². The van der Waals surface area contributed by atoms with Crippen LogP contribution in [0, 0.1) is 11.8 Å². The van der Waals surface area contributed by atoms with E-state index in [1.54, 1.807) is 23.1 Å². The first-order chi connectivity index (χ1) is 26.3. The van der Waals surface area contributed by atoms with E-state index in [2.05, 4.69) is 4.90 Å². The number of esters is 1. The number of imide groups is 1. The van der Waals surface area contributed by atoms with Crippen LogP contribution in [0.3, 0.4) is 0 Å². The van der Waals surface area contributed by atoms with Crippen molar-refractivity contribution in [1.29, 1.82) is 0 Å². The average Bonchev–Trinajstić information content (AvgIpc) is 3.83. The van der Waals surface area contributed by atoms with Crippen molar-refractivity contribution in [2.75, 3.05) is 52.4 Å². The SMILES string of the molecule is C/C(=C\c1cccc(S(=O)(=O)N2CCCC2)c1)C1OC(=O)CC(O)CCC(C)C(OC(=O)N2CCN(CCCCCCN3C(=O)C=CC3=O)CC2)C=CC1C. The number of rotatable bonds is 12. The topological polar surface area (TPSA) is 154 Å². The monoisotopic (exact) mass is 782 g/mol.